The number of nitrogens with one attached hydrogen (secondary N) is 2. The Morgan fingerprint density at radius 1 is 1.60 bits per heavy atom. The van der Waals surface area contributed by atoms with Crippen molar-refractivity contribution < 1.29 is 8.42 Å². The van der Waals surface area contributed by atoms with Crippen LogP contribution in [0.4, 0.5) is 5.82 Å². The van der Waals surface area contributed by atoms with Crippen molar-refractivity contribution in [2.24, 2.45) is 0 Å². The van der Waals surface area contributed by atoms with Crippen molar-refractivity contribution in [3.63, 3.8) is 0 Å². The van der Waals surface area contributed by atoms with Crippen molar-refractivity contribution in [3.05, 3.63) is 11.3 Å². The fourth-order valence-corrected chi connectivity index (χ4v) is 2.19. The molecule has 0 aromatic carbocycles. The van der Waals surface area contributed by atoms with Gasteiger partial charge in [0, 0.05) is 0 Å². The Morgan fingerprint density at radius 3 is 2.80 bits per heavy atom. The summed E-state index contributed by atoms with van der Waals surface area (Å²) in [5, 5.41) is 15.0. The third-order valence-corrected chi connectivity index (χ3v) is 3.23. The quantitative estimate of drug-likeness (QED) is 0.794. The number of sulfonamides is 1. The van der Waals surface area contributed by atoms with Crippen molar-refractivity contribution in [1.29, 1.82) is 5.26 Å². The predicted molar refractivity (Wildman–Crippen MR) is 55.7 cm³/mol. The molecule has 0 atom stereocenters. The molecule has 1 aromatic rings. The number of H-pyrrole nitrogens is 1. The van der Waals surface area contributed by atoms with Crippen molar-refractivity contribution in [3.8, 4) is 6.07 Å². The van der Waals surface area contributed by atoms with Gasteiger partial charge < -0.3 is 0 Å². The van der Waals surface area contributed by atoms with Crippen LogP contribution in [0, 0.1) is 18.3 Å². The highest BCUT2D eigenvalue weighted by Crippen LogP contribution is 2.15. The molecule has 0 aliphatic heterocycles. The first kappa shape index (κ1) is 11.5. The number of anilines is 1. The number of nitrogens with zero attached hydrogens (tertiary/aromatic N) is 2. The maximum Gasteiger partial charge on any atom is 0.233 e. The summed E-state index contributed by atoms with van der Waals surface area (Å²) in [7, 11) is -3.39. The number of hydrogen-bond donors (Lipinski definition) is 2. The van der Waals surface area contributed by atoms with Gasteiger partial charge in [0.05, 0.1) is 11.4 Å². The molecular weight excluding hydrogens is 216 g/mol. The lowest BCUT2D eigenvalue weighted by Crippen LogP contribution is -2.17. The monoisotopic (exact) mass is 228 g/mol. The van der Waals surface area contributed by atoms with Crippen molar-refractivity contribution in [2.45, 2.75) is 20.3 Å². The largest absolute Gasteiger partial charge is 0.279 e. The molecule has 1 rings (SSSR count). The average molecular weight is 228 g/mol. The molecule has 0 unspecified atom stereocenters. The molecule has 0 amide bonds. The van der Waals surface area contributed by atoms with Gasteiger partial charge in [-0.1, -0.05) is 6.92 Å². The summed E-state index contributed by atoms with van der Waals surface area (Å²) in [5.41, 5.74) is 0.779. The van der Waals surface area contributed by atoms with Gasteiger partial charge in [0.2, 0.25) is 10.0 Å². The zero-order valence-electron chi connectivity index (χ0n) is 8.53. The van der Waals surface area contributed by atoms with Gasteiger partial charge in [-0.05, 0) is 13.3 Å². The van der Waals surface area contributed by atoms with Crippen molar-refractivity contribution in [2.75, 3.05) is 10.5 Å². The van der Waals surface area contributed by atoms with Crippen LogP contribution in [-0.2, 0) is 10.0 Å². The Balaban J connectivity index is 2.96. The fourth-order valence-electron chi connectivity index (χ4n) is 1.11. The first-order valence-corrected chi connectivity index (χ1v) is 6.11. The summed E-state index contributed by atoms with van der Waals surface area (Å²) in [6.07, 6.45) is 0.515. The molecule has 0 radical (unpaired) electrons. The zero-order valence-corrected chi connectivity index (χ0v) is 9.35. The first-order valence-electron chi connectivity index (χ1n) is 4.45. The Hall–Kier alpha value is -1.55. The summed E-state index contributed by atoms with van der Waals surface area (Å²) in [6.45, 7) is 3.42. The average Bonchev–Trinajstić information content (AvgIpc) is 2.45. The van der Waals surface area contributed by atoms with E-state index in [4.69, 9.17) is 5.26 Å². The van der Waals surface area contributed by atoms with Crippen LogP contribution in [0.1, 0.15) is 24.6 Å². The van der Waals surface area contributed by atoms with Gasteiger partial charge in [-0.2, -0.15) is 10.4 Å². The molecule has 2 N–H and O–H groups in total. The normalized spacial score (nSPS) is 11.0. The minimum Gasteiger partial charge on any atom is -0.279 e. The second-order valence-corrected chi connectivity index (χ2v) is 4.95. The predicted octanol–water partition coefficient (Wildman–Crippen LogP) is 0.742. The number of aromatic nitrogens is 2. The second kappa shape index (κ2) is 4.31. The lowest BCUT2D eigenvalue weighted by atomic mass is 10.3. The van der Waals surface area contributed by atoms with E-state index < -0.39 is 10.0 Å². The van der Waals surface area contributed by atoms with Gasteiger partial charge in [0.1, 0.15) is 11.6 Å². The third kappa shape index (κ3) is 2.70. The van der Waals surface area contributed by atoms with Gasteiger partial charge in [0.15, 0.2) is 5.82 Å². The molecule has 1 aromatic heterocycles. The first-order chi connectivity index (χ1) is 7.00. The zero-order chi connectivity index (χ0) is 11.5. The van der Waals surface area contributed by atoms with E-state index in [0.29, 0.717) is 12.1 Å². The molecule has 0 bridgehead atoms. The molecule has 7 heteroatoms. The molecule has 6 nitrogen and oxygen atoms in total. The summed E-state index contributed by atoms with van der Waals surface area (Å²) in [6, 6.07) is 1.89. The van der Waals surface area contributed by atoms with E-state index in [0.717, 1.165) is 0 Å². The molecule has 15 heavy (non-hydrogen) atoms. The summed E-state index contributed by atoms with van der Waals surface area (Å²) >= 11 is 0. The van der Waals surface area contributed by atoms with Gasteiger partial charge >= 0.3 is 0 Å². The molecule has 1 heterocycles. The van der Waals surface area contributed by atoms with Crippen LogP contribution < -0.4 is 4.72 Å². The van der Waals surface area contributed by atoms with E-state index in [1.807, 2.05) is 6.07 Å². The number of rotatable bonds is 4. The standard InChI is InChI=1S/C8H12N4O2S/c1-3-4-15(13,14)12-8-7(5-9)6(2)10-11-8/h3-4H2,1-2H3,(H2,10,11,12). The lowest BCUT2D eigenvalue weighted by molar-refractivity contribution is 0.599. The number of aryl methyl sites for hydroxylation is 1. The van der Waals surface area contributed by atoms with Crippen LogP contribution in [0.2, 0.25) is 0 Å². The van der Waals surface area contributed by atoms with Crippen LogP contribution in [0.15, 0.2) is 0 Å². The molecule has 0 fully saturated rings. The Bertz CT molecular complexity index is 483. The van der Waals surface area contributed by atoms with E-state index in [-0.39, 0.29) is 17.1 Å². The summed E-state index contributed by atoms with van der Waals surface area (Å²) in [5.74, 6) is 0.0903. The van der Waals surface area contributed by atoms with Crippen LogP contribution in [-0.4, -0.2) is 24.4 Å². The lowest BCUT2D eigenvalue weighted by Gasteiger charge is -2.03. The molecule has 0 saturated heterocycles. The minimum atomic E-state index is -3.39. The van der Waals surface area contributed by atoms with Crippen LogP contribution >= 0.6 is 0 Å². The highest BCUT2D eigenvalue weighted by atomic mass is 32.2. The number of aromatic amines is 1. The van der Waals surface area contributed by atoms with Gasteiger partial charge in [0.25, 0.3) is 0 Å². The van der Waals surface area contributed by atoms with E-state index >= 15 is 0 Å². The molecule has 82 valence electrons. The highest BCUT2D eigenvalue weighted by Gasteiger charge is 2.15. The molecule has 0 aliphatic rings. The van der Waals surface area contributed by atoms with E-state index in [9.17, 15) is 8.42 Å². The van der Waals surface area contributed by atoms with Gasteiger partial charge in [-0.3, -0.25) is 9.82 Å². The van der Waals surface area contributed by atoms with E-state index in [1.54, 1.807) is 13.8 Å². The number of hydrogen-bond acceptors (Lipinski definition) is 4. The van der Waals surface area contributed by atoms with E-state index in [1.165, 1.54) is 0 Å². The van der Waals surface area contributed by atoms with Crippen LogP contribution in [0.25, 0.3) is 0 Å². The van der Waals surface area contributed by atoms with Crippen LogP contribution in [0.5, 0.6) is 0 Å². The fraction of sp³-hybridized carbons (Fsp3) is 0.500. The van der Waals surface area contributed by atoms with Crippen LogP contribution in [0.3, 0.4) is 0 Å². The Kier molecular flexibility index (Phi) is 3.31. The van der Waals surface area contributed by atoms with Crippen molar-refractivity contribution >= 4 is 15.8 Å². The van der Waals surface area contributed by atoms with Gasteiger partial charge in [-0.15, -0.1) is 0 Å². The highest BCUT2D eigenvalue weighted by molar-refractivity contribution is 7.92. The smallest absolute Gasteiger partial charge is 0.233 e. The topological polar surface area (TPSA) is 98.6 Å². The van der Waals surface area contributed by atoms with E-state index in [2.05, 4.69) is 14.9 Å². The SMILES string of the molecule is CCCS(=O)(=O)Nc1n[nH]c(C)c1C#N. The summed E-state index contributed by atoms with van der Waals surface area (Å²) in [4.78, 5) is 0. The minimum absolute atomic E-state index is 0.0176. The van der Waals surface area contributed by atoms with Gasteiger partial charge in [-0.25, -0.2) is 8.42 Å². The van der Waals surface area contributed by atoms with Crippen molar-refractivity contribution in [1.82, 2.24) is 10.2 Å². The maximum atomic E-state index is 11.4. The Labute approximate surface area is 88.4 Å². The molecular formula is C8H12N4O2S. The molecule has 0 saturated carbocycles. The molecule has 0 spiro atoms. The number of nitriles is 1. The summed E-state index contributed by atoms with van der Waals surface area (Å²) < 4.78 is 25.1. The second-order valence-electron chi connectivity index (χ2n) is 3.10. The third-order valence-electron chi connectivity index (χ3n) is 1.78. The maximum absolute atomic E-state index is 11.4. The molecule has 0 aliphatic carbocycles. The Morgan fingerprint density at radius 2 is 2.27 bits per heavy atom.